The normalized spacial score (nSPS) is 12.7. The van der Waals surface area contributed by atoms with E-state index in [2.05, 4.69) is 21.2 Å². The fourth-order valence-corrected chi connectivity index (χ4v) is 3.81. The SMILES string of the molecule is O=c1oc2ccccc2c2c1Sc1cc(Br)ccc1N2. The Kier molecular flexibility index (Phi) is 2.65. The molecule has 0 atom stereocenters. The largest absolute Gasteiger partial charge is 0.422 e. The first-order valence-electron chi connectivity index (χ1n) is 6.02. The lowest BCUT2D eigenvalue weighted by Gasteiger charge is -2.21. The Hall–Kier alpha value is -1.72. The molecular formula is C15H8BrNO2S. The minimum absolute atomic E-state index is 0.304. The molecule has 98 valence electrons. The number of benzene rings is 2. The van der Waals surface area contributed by atoms with E-state index in [-0.39, 0.29) is 5.63 Å². The lowest BCUT2D eigenvalue weighted by atomic mass is 10.2. The topological polar surface area (TPSA) is 42.2 Å². The number of fused-ring (bicyclic) bond motifs is 4. The van der Waals surface area contributed by atoms with Crippen LogP contribution in [0.3, 0.4) is 0 Å². The summed E-state index contributed by atoms with van der Waals surface area (Å²) in [5.41, 5.74) is 2.13. The number of hydrogen-bond donors (Lipinski definition) is 1. The zero-order chi connectivity index (χ0) is 13.7. The van der Waals surface area contributed by atoms with Gasteiger partial charge < -0.3 is 9.73 Å². The Bertz CT molecular complexity index is 904. The van der Waals surface area contributed by atoms with E-state index in [4.69, 9.17) is 4.42 Å². The van der Waals surface area contributed by atoms with Crippen LogP contribution >= 0.6 is 27.7 Å². The summed E-state index contributed by atoms with van der Waals surface area (Å²) in [4.78, 5) is 13.7. The van der Waals surface area contributed by atoms with Crippen molar-refractivity contribution in [1.29, 1.82) is 0 Å². The highest BCUT2D eigenvalue weighted by atomic mass is 79.9. The number of nitrogens with one attached hydrogen (secondary N) is 1. The monoisotopic (exact) mass is 345 g/mol. The highest BCUT2D eigenvalue weighted by Gasteiger charge is 2.22. The van der Waals surface area contributed by atoms with E-state index in [1.807, 2.05) is 36.4 Å². The van der Waals surface area contributed by atoms with Crippen LogP contribution in [0.5, 0.6) is 0 Å². The molecule has 4 rings (SSSR count). The van der Waals surface area contributed by atoms with Gasteiger partial charge in [0.15, 0.2) is 0 Å². The molecule has 5 heteroatoms. The van der Waals surface area contributed by atoms with Gasteiger partial charge in [-0.2, -0.15) is 0 Å². The molecule has 20 heavy (non-hydrogen) atoms. The second-order valence-corrected chi connectivity index (χ2v) is 6.43. The van der Waals surface area contributed by atoms with Crippen LogP contribution in [0.15, 0.2) is 65.9 Å². The van der Waals surface area contributed by atoms with Crippen molar-refractivity contribution in [2.24, 2.45) is 0 Å². The van der Waals surface area contributed by atoms with Gasteiger partial charge in [-0.15, -0.1) is 0 Å². The van der Waals surface area contributed by atoms with E-state index in [1.54, 1.807) is 6.07 Å². The summed E-state index contributed by atoms with van der Waals surface area (Å²) in [5.74, 6) is 0. The van der Waals surface area contributed by atoms with Crippen molar-refractivity contribution in [1.82, 2.24) is 0 Å². The zero-order valence-electron chi connectivity index (χ0n) is 10.1. The zero-order valence-corrected chi connectivity index (χ0v) is 12.5. The summed E-state index contributed by atoms with van der Waals surface area (Å²) in [6.45, 7) is 0. The lowest BCUT2D eigenvalue weighted by molar-refractivity contribution is 0.544. The number of anilines is 2. The van der Waals surface area contributed by atoms with Crippen LogP contribution in [0.1, 0.15) is 0 Å². The third-order valence-electron chi connectivity index (χ3n) is 3.19. The first-order chi connectivity index (χ1) is 9.72. The van der Waals surface area contributed by atoms with Gasteiger partial charge in [0.1, 0.15) is 10.5 Å². The van der Waals surface area contributed by atoms with Crippen molar-refractivity contribution >= 4 is 50.0 Å². The highest BCUT2D eigenvalue weighted by molar-refractivity contribution is 9.10. The van der Waals surface area contributed by atoms with E-state index in [1.165, 1.54) is 11.8 Å². The summed E-state index contributed by atoms with van der Waals surface area (Å²) in [6.07, 6.45) is 0. The van der Waals surface area contributed by atoms with Gasteiger partial charge in [-0.25, -0.2) is 4.79 Å². The lowest BCUT2D eigenvalue weighted by Crippen LogP contribution is -2.10. The average molecular weight is 346 g/mol. The second-order valence-electron chi connectivity index (χ2n) is 4.46. The van der Waals surface area contributed by atoms with Crippen molar-refractivity contribution in [3.8, 4) is 0 Å². The van der Waals surface area contributed by atoms with Gasteiger partial charge in [-0.3, -0.25) is 0 Å². The van der Waals surface area contributed by atoms with Gasteiger partial charge in [0, 0.05) is 14.8 Å². The summed E-state index contributed by atoms with van der Waals surface area (Å²) < 4.78 is 6.36. The van der Waals surface area contributed by atoms with Crippen LogP contribution in [0.2, 0.25) is 0 Å². The van der Waals surface area contributed by atoms with E-state index in [9.17, 15) is 4.79 Å². The van der Waals surface area contributed by atoms with Gasteiger partial charge in [0.2, 0.25) is 0 Å². The smallest absolute Gasteiger partial charge is 0.352 e. The van der Waals surface area contributed by atoms with Gasteiger partial charge in [0.05, 0.1) is 11.4 Å². The molecule has 3 aromatic rings. The fourth-order valence-electron chi connectivity index (χ4n) is 2.28. The molecule has 0 saturated heterocycles. The van der Waals surface area contributed by atoms with Crippen molar-refractivity contribution in [3.63, 3.8) is 0 Å². The average Bonchev–Trinajstić information content (AvgIpc) is 2.46. The molecule has 2 heterocycles. The molecule has 2 aromatic carbocycles. The highest BCUT2D eigenvalue weighted by Crippen LogP contribution is 2.45. The summed E-state index contributed by atoms with van der Waals surface area (Å²) in [6, 6.07) is 13.5. The van der Waals surface area contributed by atoms with Gasteiger partial charge in [-0.1, -0.05) is 39.8 Å². The maximum absolute atomic E-state index is 12.1. The summed E-state index contributed by atoms with van der Waals surface area (Å²) >= 11 is 4.89. The molecule has 0 fully saturated rings. The predicted octanol–water partition coefficient (Wildman–Crippen LogP) is 4.76. The summed E-state index contributed by atoms with van der Waals surface area (Å²) in [7, 11) is 0. The molecular weight excluding hydrogens is 338 g/mol. The summed E-state index contributed by atoms with van der Waals surface area (Å²) in [5, 5.41) is 4.27. The third kappa shape index (κ3) is 1.77. The maximum Gasteiger partial charge on any atom is 0.352 e. The number of para-hydroxylation sites is 1. The van der Waals surface area contributed by atoms with Crippen LogP contribution in [0.25, 0.3) is 11.0 Å². The second kappa shape index (κ2) is 4.40. The van der Waals surface area contributed by atoms with Crippen LogP contribution in [0, 0.1) is 0 Å². The van der Waals surface area contributed by atoms with E-state index < -0.39 is 0 Å². The molecule has 0 bridgehead atoms. The van der Waals surface area contributed by atoms with Crippen molar-refractivity contribution in [2.45, 2.75) is 9.79 Å². The number of rotatable bonds is 0. The molecule has 0 radical (unpaired) electrons. The molecule has 0 saturated carbocycles. The molecule has 0 spiro atoms. The quantitative estimate of drug-likeness (QED) is 0.466. The van der Waals surface area contributed by atoms with Gasteiger partial charge in [0.25, 0.3) is 0 Å². The Balaban J connectivity index is 2.01. The van der Waals surface area contributed by atoms with Gasteiger partial charge in [-0.05, 0) is 30.3 Å². The van der Waals surface area contributed by atoms with Crippen molar-refractivity contribution < 1.29 is 4.42 Å². The molecule has 3 nitrogen and oxygen atoms in total. The van der Waals surface area contributed by atoms with Crippen molar-refractivity contribution in [2.75, 3.05) is 5.32 Å². The molecule has 1 N–H and O–H groups in total. The van der Waals surface area contributed by atoms with Crippen LogP contribution in [0.4, 0.5) is 11.4 Å². The Morgan fingerprint density at radius 2 is 2.00 bits per heavy atom. The predicted molar refractivity (Wildman–Crippen MR) is 84.0 cm³/mol. The minimum atomic E-state index is -0.304. The van der Waals surface area contributed by atoms with Crippen molar-refractivity contribution in [3.05, 3.63) is 57.4 Å². The molecule has 0 amide bonds. The molecule has 1 aliphatic heterocycles. The Morgan fingerprint density at radius 3 is 2.90 bits per heavy atom. The van der Waals surface area contributed by atoms with E-state index in [0.717, 1.165) is 26.1 Å². The fraction of sp³-hybridized carbons (Fsp3) is 0. The molecule has 0 unspecified atom stereocenters. The van der Waals surface area contributed by atoms with E-state index >= 15 is 0 Å². The first kappa shape index (κ1) is 12.1. The molecule has 1 aromatic heterocycles. The van der Waals surface area contributed by atoms with Crippen LogP contribution in [-0.4, -0.2) is 0 Å². The standard InChI is InChI=1S/C15H8BrNO2S/c16-8-5-6-10-12(7-8)20-14-13(17-10)9-3-1-2-4-11(9)19-15(14)18/h1-7,17H. The van der Waals surface area contributed by atoms with E-state index in [0.29, 0.717) is 10.5 Å². The van der Waals surface area contributed by atoms with Crippen LogP contribution < -0.4 is 10.9 Å². The maximum atomic E-state index is 12.1. The van der Waals surface area contributed by atoms with Gasteiger partial charge >= 0.3 is 5.63 Å². The third-order valence-corrected chi connectivity index (χ3v) is 4.81. The first-order valence-corrected chi connectivity index (χ1v) is 7.63. The number of hydrogen-bond acceptors (Lipinski definition) is 4. The number of halogens is 1. The Labute approximate surface area is 127 Å². The Morgan fingerprint density at radius 1 is 1.15 bits per heavy atom. The minimum Gasteiger partial charge on any atom is -0.422 e. The molecule has 1 aliphatic rings. The molecule has 0 aliphatic carbocycles. The van der Waals surface area contributed by atoms with Crippen LogP contribution in [-0.2, 0) is 0 Å².